The molecule has 0 unspecified atom stereocenters. The fraction of sp³-hybridized carbons (Fsp3) is 0.556. The van der Waals surface area contributed by atoms with E-state index in [4.69, 9.17) is 9.98 Å². The summed E-state index contributed by atoms with van der Waals surface area (Å²) < 4.78 is 0. The van der Waals surface area contributed by atoms with Gasteiger partial charge in [0.25, 0.3) is 0 Å². The zero-order valence-electron chi connectivity index (χ0n) is 25.7. The summed E-state index contributed by atoms with van der Waals surface area (Å²) in [5, 5.41) is 0. The Labute approximate surface area is 254 Å². The van der Waals surface area contributed by atoms with Crippen LogP contribution in [0.1, 0.15) is 128 Å². The van der Waals surface area contributed by atoms with Crippen molar-refractivity contribution in [3.63, 3.8) is 0 Å². The van der Waals surface area contributed by atoms with E-state index in [0.29, 0.717) is 0 Å². The van der Waals surface area contributed by atoms with Gasteiger partial charge >= 0.3 is 0 Å². The van der Waals surface area contributed by atoms with Crippen molar-refractivity contribution in [2.75, 3.05) is 0 Å². The van der Waals surface area contributed by atoms with Crippen LogP contribution in [0.15, 0.2) is 58.5 Å². The smallest absolute Gasteiger partial charge is 0.0848 e. The Morgan fingerprint density at radius 1 is 0.564 bits per heavy atom. The van der Waals surface area contributed by atoms with Crippen LogP contribution in [-0.2, 0) is 46.1 Å². The molecule has 0 aliphatic rings. The summed E-state index contributed by atoms with van der Waals surface area (Å²) in [5.41, 5.74) is 9.92. The molecule has 0 saturated carbocycles. The van der Waals surface area contributed by atoms with E-state index in [1.807, 2.05) is 0 Å². The Bertz CT molecular complexity index is 1000. The first-order valence-electron chi connectivity index (χ1n) is 15.6. The molecule has 0 spiro atoms. The number of unbranched alkanes of at least 4 members (excludes halogenated alkanes) is 3. The average molecular weight is 621 g/mol. The molecule has 3 heteroatoms. The number of benzene rings is 2. The van der Waals surface area contributed by atoms with Crippen molar-refractivity contribution in [2.45, 2.75) is 131 Å². The summed E-state index contributed by atoms with van der Waals surface area (Å²) in [7, 11) is 0. The predicted octanol–water partition coefficient (Wildman–Crippen LogP) is 11.3. The second-order valence-electron chi connectivity index (χ2n) is 10.7. The van der Waals surface area contributed by atoms with Gasteiger partial charge in [0.15, 0.2) is 0 Å². The van der Waals surface area contributed by atoms with Crippen molar-refractivity contribution in [2.24, 2.45) is 9.98 Å². The van der Waals surface area contributed by atoms with Crippen LogP contribution in [0.25, 0.3) is 0 Å². The minimum Gasteiger partial charge on any atom is -0.251 e. The van der Waals surface area contributed by atoms with Crippen LogP contribution < -0.4 is 0 Å². The Morgan fingerprint density at radius 2 is 1.00 bits per heavy atom. The number of nitrogens with zero attached hydrogens (tertiary/aromatic N) is 2. The zero-order chi connectivity index (χ0) is 27.6. The molecule has 0 aliphatic heterocycles. The molecular weight excluding hydrogens is 567 g/mol. The number of aryl methyl sites for hydroxylation is 4. The van der Waals surface area contributed by atoms with E-state index in [1.165, 1.54) is 35.1 Å². The van der Waals surface area contributed by atoms with Gasteiger partial charge in [0.05, 0.1) is 22.8 Å². The summed E-state index contributed by atoms with van der Waals surface area (Å²) >= 11 is 0. The van der Waals surface area contributed by atoms with Gasteiger partial charge in [0.2, 0.25) is 0 Å². The molecule has 0 atom stereocenters. The van der Waals surface area contributed by atoms with Crippen molar-refractivity contribution in [1.29, 1.82) is 0 Å². The third-order valence-corrected chi connectivity index (χ3v) is 6.81. The van der Waals surface area contributed by atoms with Crippen LogP contribution >= 0.6 is 0 Å². The van der Waals surface area contributed by atoms with Crippen molar-refractivity contribution in [3.8, 4) is 0 Å². The van der Waals surface area contributed by atoms with Crippen LogP contribution in [0.2, 0.25) is 0 Å². The van der Waals surface area contributed by atoms with Gasteiger partial charge in [-0.05, 0) is 97.5 Å². The van der Waals surface area contributed by atoms with E-state index in [1.54, 1.807) is 0 Å². The van der Waals surface area contributed by atoms with E-state index in [2.05, 4.69) is 90.1 Å². The standard InChI is InChI=1S/C36H54N2.Pd/c1-7-13-15-16-22-36(38-34-27-31(19-11-5)24-32(28-34)20-12-6)35(21-14-8-2)37-33-25-29(17-9-3)23-30(26-33)18-10-4;/h16,22-28H,7-15,17-21H2,1-6H3;/b22-16+,37-35?,38-36?;. The second-order valence-corrected chi connectivity index (χ2v) is 10.7. The van der Waals surface area contributed by atoms with E-state index in [0.717, 1.165) is 99.8 Å². The van der Waals surface area contributed by atoms with Crippen molar-refractivity contribution < 1.29 is 20.4 Å². The largest absolute Gasteiger partial charge is 0.251 e. The van der Waals surface area contributed by atoms with Crippen LogP contribution in [0.3, 0.4) is 0 Å². The Hall–Kier alpha value is -1.82. The van der Waals surface area contributed by atoms with Crippen molar-refractivity contribution in [1.82, 2.24) is 0 Å². The molecule has 0 radical (unpaired) electrons. The Kier molecular flexibility index (Phi) is 19.0. The maximum absolute atomic E-state index is 5.33. The van der Waals surface area contributed by atoms with E-state index in [9.17, 15) is 0 Å². The summed E-state index contributed by atoms with van der Waals surface area (Å²) in [6.07, 6.45) is 20.3. The minimum atomic E-state index is 0. The molecule has 2 rings (SSSR count). The molecule has 2 aromatic carbocycles. The number of hydrogen-bond acceptors (Lipinski definition) is 2. The maximum Gasteiger partial charge on any atom is 0.0848 e. The van der Waals surface area contributed by atoms with Crippen molar-refractivity contribution >= 4 is 22.8 Å². The number of hydrogen-bond donors (Lipinski definition) is 0. The molecule has 0 bridgehead atoms. The average Bonchev–Trinajstić information content (AvgIpc) is 2.89. The Balaban J connectivity index is 0.00000760. The van der Waals surface area contributed by atoms with Gasteiger partial charge in [-0.3, -0.25) is 4.99 Å². The quantitative estimate of drug-likeness (QED) is 0.0899. The van der Waals surface area contributed by atoms with Gasteiger partial charge < -0.3 is 0 Å². The number of rotatable bonds is 18. The molecule has 218 valence electrons. The SMILES string of the molecule is CCCC/C=C/C(=Nc1cc(CCC)cc(CCC)c1)C(CCCC)=Nc1cc(CCC)cc(CCC)c1.[Pd]. The fourth-order valence-corrected chi connectivity index (χ4v) is 4.94. The maximum atomic E-state index is 5.33. The molecule has 0 saturated heterocycles. The van der Waals surface area contributed by atoms with Gasteiger partial charge in [0.1, 0.15) is 0 Å². The zero-order valence-corrected chi connectivity index (χ0v) is 27.3. The van der Waals surface area contributed by atoms with E-state index >= 15 is 0 Å². The van der Waals surface area contributed by atoms with E-state index in [-0.39, 0.29) is 20.4 Å². The Morgan fingerprint density at radius 3 is 1.41 bits per heavy atom. The van der Waals surface area contributed by atoms with Gasteiger partial charge in [0, 0.05) is 20.4 Å². The molecule has 2 nitrogen and oxygen atoms in total. The molecule has 0 aliphatic carbocycles. The molecule has 39 heavy (non-hydrogen) atoms. The first kappa shape index (κ1) is 35.2. The van der Waals surface area contributed by atoms with E-state index < -0.39 is 0 Å². The van der Waals surface area contributed by atoms with Crippen LogP contribution in [0.5, 0.6) is 0 Å². The normalized spacial score (nSPS) is 12.3. The summed E-state index contributed by atoms with van der Waals surface area (Å²) in [4.78, 5) is 10.6. The molecule has 0 N–H and O–H groups in total. The molecule has 0 amide bonds. The molecule has 0 fully saturated rings. The van der Waals surface area contributed by atoms with Gasteiger partial charge in [-0.25, -0.2) is 4.99 Å². The molecule has 0 aromatic heterocycles. The second kappa shape index (κ2) is 21.0. The van der Waals surface area contributed by atoms with Crippen LogP contribution in [0, 0.1) is 0 Å². The fourth-order valence-electron chi connectivity index (χ4n) is 4.94. The van der Waals surface area contributed by atoms with Gasteiger partial charge in [-0.15, -0.1) is 0 Å². The topological polar surface area (TPSA) is 24.7 Å². The summed E-state index contributed by atoms with van der Waals surface area (Å²) in [5.74, 6) is 0. The third kappa shape index (κ3) is 13.4. The minimum absolute atomic E-state index is 0. The predicted molar refractivity (Wildman–Crippen MR) is 171 cm³/mol. The first-order valence-corrected chi connectivity index (χ1v) is 15.6. The van der Waals surface area contributed by atoms with Gasteiger partial charge in [-0.1, -0.05) is 105 Å². The third-order valence-electron chi connectivity index (χ3n) is 6.81. The van der Waals surface area contributed by atoms with Crippen LogP contribution in [-0.4, -0.2) is 11.4 Å². The van der Waals surface area contributed by atoms with Gasteiger partial charge in [-0.2, -0.15) is 0 Å². The summed E-state index contributed by atoms with van der Waals surface area (Å²) in [6, 6.07) is 13.9. The number of aliphatic imine (C=N–C) groups is 2. The number of allylic oxidation sites excluding steroid dienone is 2. The summed E-state index contributed by atoms with van der Waals surface area (Å²) in [6.45, 7) is 13.5. The van der Waals surface area contributed by atoms with Crippen molar-refractivity contribution in [3.05, 3.63) is 70.8 Å². The molecular formula is C36H54N2Pd. The van der Waals surface area contributed by atoms with Crippen LogP contribution in [0.4, 0.5) is 11.4 Å². The first-order chi connectivity index (χ1) is 18.6. The molecule has 0 heterocycles. The molecule has 2 aromatic rings. The monoisotopic (exact) mass is 620 g/mol.